The Labute approximate surface area is 451 Å². The molecular formula is C76H53N. The number of benzene rings is 12. The first-order valence-corrected chi connectivity index (χ1v) is 27.0. The maximum Gasteiger partial charge on any atom is 0.0726 e. The zero-order chi connectivity index (χ0) is 51.2. The fraction of sp³-hybridized carbons (Fsp3) is 0.0526. The van der Waals surface area contributed by atoms with Gasteiger partial charge in [-0.1, -0.05) is 263 Å². The summed E-state index contributed by atoms with van der Waals surface area (Å²) < 4.78 is 0. The normalized spacial score (nSPS) is 14.8. The van der Waals surface area contributed by atoms with Gasteiger partial charge in [0.2, 0.25) is 0 Å². The van der Waals surface area contributed by atoms with E-state index >= 15 is 0 Å². The van der Waals surface area contributed by atoms with Gasteiger partial charge in [0.25, 0.3) is 0 Å². The molecule has 1 atom stereocenters. The number of anilines is 3. The van der Waals surface area contributed by atoms with Gasteiger partial charge >= 0.3 is 0 Å². The van der Waals surface area contributed by atoms with Crippen LogP contribution in [0.4, 0.5) is 17.1 Å². The maximum atomic E-state index is 2.58. The molecule has 1 spiro atoms. The van der Waals surface area contributed by atoms with E-state index in [0.717, 1.165) is 17.1 Å². The molecule has 77 heavy (non-hydrogen) atoms. The van der Waals surface area contributed by atoms with E-state index in [0.29, 0.717) is 0 Å². The van der Waals surface area contributed by atoms with E-state index in [9.17, 15) is 0 Å². The van der Waals surface area contributed by atoms with Crippen LogP contribution in [0.1, 0.15) is 47.2 Å². The largest absolute Gasteiger partial charge is 0.309 e. The van der Waals surface area contributed by atoms with E-state index in [1.807, 2.05) is 0 Å². The summed E-state index contributed by atoms with van der Waals surface area (Å²) in [4.78, 5) is 2.58. The topological polar surface area (TPSA) is 3.24 Å². The maximum absolute atomic E-state index is 2.58. The van der Waals surface area contributed by atoms with Crippen LogP contribution in [0.15, 0.2) is 285 Å². The lowest BCUT2D eigenvalue weighted by atomic mass is 9.64. The minimum atomic E-state index is -0.816. The molecule has 0 heterocycles. The number of nitrogens with zero attached hydrogens (tertiary/aromatic N) is 1. The van der Waals surface area contributed by atoms with Crippen molar-refractivity contribution in [2.75, 3.05) is 4.90 Å². The van der Waals surface area contributed by atoms with Gasteiger partial charge in [0.15, 0.2) is 0 Å². The molecule has 0 aromatic heterocycles. The highest BCUT2D eigenvalue weighted by Crippen LogP contribution is 2.64. The average molecular weight is 980 g/mol. The summed E-state index contributed by atoms with van der Waals surface area (Å²) in [6.45, 7) is 4.78. The second-order valence-electron chi connectivity index (χ2n) is 21.5. The highest BCUT2D eigenvalue weighted by Gasteiger charge is 2.51. The SMILES string of the molecule is CC1(C)c2ccccc2-c2ccc(N(c3ccccc3-c3ccccc3)c3cccc4c3-c3ccccc3C43c4ccc(-c5ccccc5)cc4-c4ccccc4-c4ccccc4-c4ccc(-c5ccccc5)cc43)cc21. The molecule has 1 heteroatoms. The van der Waals surface area contributed by atoms with Gasteiger partial charge in [0.1, 0.15) is 0 Å². The summed E-state index contributed by atoms with van der Waals surface area (Å²) in [7, 11) is 0. The van der Waals surface area contributed by atoms with Crippen LogP contribution >= 0.6 is 0 Å². The minimum Gasteiger partial charge on any atom is -0.309 e. The van der Waals surface area contributed by atoms with Gasteiger partial charge in [0, 0.05) is 22.2 Å². The molecule has 0 aliphatic heterocycles. The average Bonchev–Trinajstić information content (AvgIpc) is 4.16. The molecule has 0 bridgehead atoms. The summed E-state index contributed by atoms with van der Waals surface area (Å²) in [6.07, 6.45) is 0. The van der Waals surface area contributed by atoms with E-state index in [1.54, 1.807) is 0 Å². The molecule has 12 aromatic carbocycles. The van der Waals surface area contributed by atoms with Gasteiger partial charge in [-0.05, 0) is 148 Å². The highest BCUT2D eigenvalue weighted by molar-refractivity contribution is 6.04. The van der Waals surface area contributed by atoms with Gasteiger partial charge in [0.05, 0.1) is 16.8 Å². The van der Waals surface area contributed by atoms with Crippen molar-refractivity contribution in [3.63, 3.8) is 0 Å². The van der Waals surface area contributed by atoms with E-state index < -0.39 is 5.41 Å². The third-order valence-electron chi connectivity index (χ3n) is 17.1. The van der Waals surface area contributed by atoms with E-state index in [2.05, 4.69) is 304 Å². The number of hydrogen-bond donors (Lipinski definition) is 0. The monoisotopic (exact) mass is 979 g/mol. The molecule has 1 unspecified atom stereocenters. The van der Waals surface area contributed by atoms with Crippen molar-refractivity contribution >= 4 is 17.1 Å². The first-order valence-electron chi connectivity index (χ1n) is 27.0. The number of fused-ring (bicyclic) bond motifs is 17. The third-order valence-corrected chi connectivity index (χ3v) is 17.1. The minimum absolute atomic E-state index is 0.200. The summed E-state index contributed by atoms with van der Waals surface area (Å²) in [6, 6.07) is 107. The first-order chi connectivity index (χ1) is 38.0. The molecule has 15 rings (SSSR count). The summed E-state index contributed by atoms with van der Waals surface area (Å²) >= 11 is 0. The molecule has 3 aliphatic rings. The molecule has 0 amide bonds. The molecule has 3 aliphatic carbocycles. The van der Waals surface area contributed by atoms with Crippen LogP contribution in [-0.4, -0.2) is 0 Å². The Morgan fingerprint density at radius 3 is 1.35 bits per heavy atom. The standard InChI is InChI=1S/C76H53N/c1-75(2)66-36-19-16-34-61(66)63-45-43-55(49-70(63)75)77(72-39-21-18-29-56(72)52-27-10-5-11-28-52)73-40-22-38-69-74(73)64-35-17-20-37-67(64)76(69)68-46-42-53(50-23-6-3-7-24-50)47-65(68)60-33-15-13-31-58(60)57-30-12-14-32-59(57)62-44-41-54(48-71(62)76)51-25-8-4-9-26-51/h3-49H,1-2H3. The number of hydrogen-bond acceptors (Lipinski definition) is 1. The molecule has 0 fully saturated rings. The predicted molar refractivity (Wildman–Crippen MR) is 322 cm³/mol. The molecule has 0 saturated carbocycles. The lowest BCUT2D eigenvalue weighted by Gasteiger charge is -2.38. The van der Waals surface area contributed by atoms with E-state index in [-0.39, 0.29) is 5.41 Å². The number of para-hydroxylation sites is 1. The van der Waals surface area contributed by atoms with Gasteiger partial charge in [-0.15, -0.1) is 0 Å². The first kappa shape index (κ1) is 44.9. The molecule has 12 aromatic rings. The molecule has 0 radical (unpaired) electrons. The zero-order valence-electron chi connectivity index (χ0n) is 43.1. The lowest BCUT2D eigenvalue weighted by molar-refractivity contribution is 0.660. The molecule has 1 nitrogen and oxygen atoms in total. The summed E-state index contributed by atoms with van der Waals surface area (Å²) in [5.74, 6) is 0. The summed E-state index contributed by atoms with van der Waals surface area (Å²) in [5.41, 5.74) is 29.5. The van der Waals surface area contributed by atoms with Crippen LogP contribution in [0.5, 0.6) is 0 Å². The van der Waals surface area contributed by atoms with Crippen molar-refractivity contribution in [2.45, 2.75) is 24.7 Å². The molecular weight excluding hydrogens is 927 g/mol. The van der Waals surface area contributed by atoms with Crippen LogP contribution < -0.4 is 4.90 Å². The van der Waals surface area contributed by atoms with Gasteiger partial charge in [-0.2, -0.15) is 0 Å². The second kappa shape index (κ2) is 17.5. The van der Waals surface area contributed by atoms with Gasteiger partial charge in [-0.3, -0.25) is 0 Å². The van der Waals surface area contributed by atoms with Crippen molar-refractivity contribution in [2.24, 2.45) is 0 Å². The Bertz CT molecular complexity index is 4300. The smallest absolute Gasteiger partial charge is 0.0726 e. The zero-order valence-corrected chi connectivity index (χ0v) is 43.1. The quantitative estimate of drug-likeness (QED) is 0.160. The van der Waals surface area contributed by atoms with E-state index in [1.165, 1.54) is 122 Å². The fourth-order valence-corrected chi connectivity index (χ4v) is 13.7. The number of rotatable bonds is 6. The molecule has 0 N–H and O–H groups in total. The predicted octanol–water partition coefficient (Wildman–Crippen LogP) is 20.1. The van der Waals surface area contributed by atoms with Crippen LogP contribution in [0, 0.1) is 0 Å². The van der Waals surface area contributed by atoms with Crippen LogP contribution in [-0.2, 0) is 10.8 Å². The summed E-state index contributed by atoms with van der Waals surface area (Å²) in [5, 5.41) is 0. The lowest BCUT2D eigenvalue weighted by Crippen LogP contribution is -2.30. The molecule has 0 saturated heterocycles. The highest BCUT2D eigenvalue weighted by atomic mass is 15.1. The van der Waals surface area contributed by atoms with Gasteiger partial charge < -0.3 is 4.90 Å². The van der Waals surface area contributed by atoms with E-state index in [4.69, 9.17) is 0 Å². The Hall–Kier alpha value is -9.56. The second-order valence-corrected chi connectivity index (χ2v) is 21.5. The van der Waals surface area contributed by atoms with Crippen molar-refractivity contribution in [1.29, 1.82) is 0 Å². The Kier molecular flexibility index (Phi) is 10.2. The third kappa shape index (κ3) is 6.73. The van der Waals surface area contributed by atoms with Gasteiger partial charge in [-0.25, -0.2) is 0 Å². The Balaban J connectivity index is 1.10. The van der Waals surface area contributed by atoms with Crippen LogP contribution in [0.3, 0.4) is 0 Å². The molecule has 362 valence electrons. The van der Waals surface area contributed by atoms with Crippen molar-refractivity contribution in [3.05, 3.63) is 318 Å². The fourth-order valence-electron chi connectivity index (χ4n) is 13.7. The van der Waals surface area contributed by atoms with Crippen LogP contribution in [0.25, 0.3) is 89.0 Å². The van der Waals surface area contributed by atoms with Crippen molar-refractivity contribution < 1.29 is 0 Å². The van der Waals surface area contributed by atoms with Crippen molar-refractivity contribution in [3.8, 4) is 89.0 Å². The Morgan fingerprint density at radius 1 is 0.234 bits per heavy atom. The van der Waals surface area contributed by atoms with Crippen molar-refractivity contribution in [1.82, 2.24) is 0 Å². The Morgan fingerprint density at radius 2 is 0.675 bits per heavy atom. The van der Waals surface area contributed by atoms with Crippen LogP contribution in [0.2, 0.25) is 0 Å².